The first-order valence-electron chi connectivity index (χ1n) is 8.12. The summed E-state index contributed by atoms with van der Waals surface area (Å²) in [6, 6.07) is 1.80. The highest BCUT2D eigenvalue weighted by atomic mass is 16.1. The molecular weight excluding hydrogens is 294 g/mol. The van der Waals surface area contributed by atoms with Crippen LogP contribution in [0.25, 0.3) is 0 Å². The first-order valence-corrected chi connectivity index (χ1v) is 8.12. The first-order chi connectivity index (χ1) is 11.2. The van der Waals surface area contributed by atoms with Crippen LogP contribution in [-0.4, -0.2) is 32.3 Å². The van der Waals surface area contributed by atoms with Crippen molar-refractivity contribution in [3.05, 3.63) is 50.4 Å². The summed E-state index contributed by atoms with van der Waals surface area (Å²) >= 11 is 0. The van der Waals surface area contributed by atoms with Gasteiger partial charge in [0.15, 0.2) is 5.82 Å². The molecule has 1 aliphatic heterocycles. The number of aromatic amines is 1. The minimum atomic E-state index is -0.186. The summed E-state index contributed by atoms with van der Waals surface area (Å²) in [6.45, 7) is 1.28. The third-order valence-electron chi connectivity index (χ3n) is 4.75. The third-order valence-corrected chi connectivity index (χ3v) is 4.75. The standard InChI is InChI=1S/C16H19N5O2/c22-14-9-11-3-1-5-13(11)19-21(14)10-12-4-2-8-20(12)15-16(23)18-7-6-17-15/h6-7,9,12H,1-5,8,10H2,(H,18,23). The lowest BCUT2D eigenvalue weighted by atomic mass is 10.2. The summed E-state index contributed by atoms with van der Waals surface area (Å²) in [7, 11) is 0. The van der Waals surface area contributed by atoms with E-state index in [0.29, 0.717) is 12.4 Å². The van der Waals surface area contributed by atoms with Gasteiger partial charge in [0.1, 0.15) is 0 Å². The predicted octanol–water partition coefficient (Wildman–Crippen LogP) is 0.484. The molecular formula is C16H19N5O2. The molecule has 1 atom stereocenters. The molecule has 1 N–H and O–H groups in total. The number of rotatable bonds is 3. The van der Waals surface area contributed by atoms with Crippen molar-refractivity contribution in [2.75, 3.05) is 11.4 Å². The Bertz CT molecular complexity index is 841. The molecule has 0 saturated carbocycles. The lowest BCUT2D eigenvalue weighted by molar-refractivity contribution is 0.481. The zero-order valence-electron chi connectivity index (χ0n) is 12.9. The fourth-order valence-corrected chi connectivity index (χ4v) is 3.62. The molecule has 2 aromatic heterocycles. The molecule has 7 heteroatoms. The largest absolute Gasteiger partial charge is 0.347 e. The van der Waals surface area contributed by atoms with Gasteiger partial charge in [0.2, 0.25) is 0 Å². The van der Waals surface area contributed by atoms with Gasteiger partial charge in [0, 0.05) is 25.0 Å². The van der Waals surface area contributed by atoms with Crippen LogP contribution in [-0.2, 0) is 19.4 Å². The summed E-state index contributed by atoms with van der Waals surface area (Å²) in [5.74, 6) is 0.434. The minimum Gasteiger partial charge on any atom is -0.347 e. The van der Waals surface area contributed by atoms with Crippen molar-refractivity contribution in [3.8, 4) is 0 Å². The molecule has 0 radical (unpaired) electrons. The molecule has 0 spiro atoms. The smallest absolute Gasteiger partial charge is 0.290 e. The van der Waals surface area contributed by atoms with Crippen molar-refractivity contribution in [3.63, 3.8) is 0 Å². The molecule has 1 saturated heterocycles. The Morgan fingerprint density at radius 1 is 1.26 bits per heavy atom. The Morgan fingerprint density at radius 3 is 3.04 bits per heavy atom. The monoisotopic (exact) mass is 313 g/mol. The van der Waals surface area contributed by atoms with E-state index >= 15 is 0 Å². The Labute approximate surface area is 133 Å². The van der Waals surface area contributed by atoms with Gasteiger partial charge in [-0.3, -0.25) is 9.59 Å². The molecule has 2 aliphatic rings. The second kappa shape index (κ2) is 5.64. The number of fused-ring (bicyclic) bond motifs is 1. The maximum absolute atomic E-state index is 12.3. The van der Waals surface area contributed by atoms with Crippen LogP contribution in [0.3, 0.4) is 0 Å². The van der Waals surface area contributed by atoms with Gasteiger partial charge in [-0.2, -0.15) is 5.10 Å². The van der Waals surface area contributed by atoms with E-state index in [4.69, 9.17) is 0 Å². The van der Waals surface area contributed by atoms with Crippen LogP contribution in [0.1, 0.15) is 30.5 Å². The average molecular weight is 313 g/mol. The van der Waals surface area contributed by atoms with E-state index in [1.54, 1.807) is 16.9 Å². The zero-order chi connectivity index (χ0) is 15.8. The van der Waals surface area contributed by atoms with E-state index in [0.717, 1.165) is 49.9 Å². The molecule has 1 aliphatic carbocycles. The van der Waals surface area contributed by atoms with E-state index in [1.165, 1.54) is 6.20 Å². The second-order valence-corrected chi connectivity index (χ2v) is 6.22. The Balaban J connectivity index is 1.62. The Kier molecular flexibility index (Phi) is 3.48. The first kappa shape index (κ1) is 14.2. The molecule has 7 nitrogen and oxygen atoms in total. The third kappa shape index (κ3) is 2.56. The Hall–Kier alpha value is -2.44. The molecule has 0 bridgehead atoms. The number of H-pyrrole nitrogens is 1. The van der Waals surface area contributed by atoms with Crippen LogP contribution in [0.2, 0.25) is 0 Å². The van der Waals surface area contributed by atoms with Gasteiger partial charge in [-0.1, -0.05) is 0 Å². The van der Waals surface area contributed by atoms with Crippen molar-refractivity contribution in [1.29, 1.82) is 0 Å². The highest BCUT2D eigenvalue weighted by Crippen LogP contribution is 2.22. The SMILES string of the molecule is O=c1[nH]ccnc1N1CCCC1Cn1nc2c(cc1=O)CCC2. The van der Waals surface area contributed by atoms with Crippen molar-refractivity contribution >= 4 is 5.82 Å². The van der Waals surface area contributed by atoms with Gasteiger partial charge in [-0.15, -0.1) is 0 Å². The van der Waals surface area contributed by atoms with E-state index in [9.17, 15) is 9.59 Å². The molecule has 23 heavy (non-hydrogen) atoms. The van der Waals surface area contributed by atoms with Crippen LogP contribution >= 0.6 is 0 Å². The number of aryl methyl sites for hydroxylation is 2. The molecule has 1 fully saturated rings. The highest BCUT2D eigenvalue weighted by molar-refractivity contribution is 5.38. The molecule has 0 aromatic carbocycles. The molecule has 2 aromatic rings. The summed E-state index contributed by atoms with van der Waals surface area (Å²) < 4.78 is 1.56. The second-order valence-electron chi connectivity index (χ2n) is 6.22. The summed E-state index contributed by atoms with van der Waals surface area (Å²) in [5, 5.41) is 4.54. The van der Waals surface area contributed by atoms with Crippen molar-refractivity contribution in [2.45, 2.75) is 44.7 Å². The summed E-state index contributed by atoms with van der Waals surface area (Å²) in [4.78, 5) is 33.1. The van der Waals surface area contributed by atoms with Gasteiger partial charge in [0.05, 0.1) is 18.3 Å². The zero-order valence-corrected chi connectivity index (χ0v) is 12.9. The molecule has 4 rings (SSSR count). The van der Waals surface area contributed by atoms with E-state index in [1.807, 2.05) is 4.90 Å². The van der Waals surface area contributed by atoms with Crippen LogP contribution in [0, 0.1) is 0 Å². The van der Waals surface area contributed by atoms with Gasteiger partial charge < -0.3 is 9.88 Å². The number of hydrogen-bond acceptors (Lipinski definition) is 5. The summed E-state index contributed by atoms with van der Waals surface area (Å²) in [6.07, 6.45) is 8.02. The van der Waals surface area contributed by atoms with Crippen LogP contribution < -0.4 is 16.0 Å². The van der Waals surface area contributed by atoms with Crippen molar-refractivity contribution in [2.24, 2.45) is 0 Å². The fraction of sp³-hybridized carbons (Fsp3) is 0.500. The minimum absolute atomic E-state index is 0.0487. The van der Waals surface area contributed by atoms with Crippen LogP contribution in [0.4, 0.5) is 5.82 Å². The van der Waals surface area contributed by atoms with Gasteiger partial charge in [0.25, 0.3) is 11.1 Å². The maximum atomic E-state index is 12.3. The quantitative estimate of drug-likeness (QED) is 0.891. The normalized spacial score (nSPS) is 20.0. The number of nitrogens with zero attached hydrogens (tertiary/aromatic N) is 4. The van der Waals surface area contributed by atoms with E-state index < -0.39 is 0 Å². The fourth-order valence-electron chi connectivity index (χ4n) is 3.62. The Morgan fingerprint density at radius 2 is 2.17 bits per heavy atom. The molecule has 1 unspecified atom stereocenters. The van der Waals surface area contributed by atoms with Crippen LogP contribution in [0.5, 0.6) is 0 Å². The topological polar surface area (TPSA) is 83.9 Å². The average Bonchev–Trinajstić information content (AvgIpc) is 3.17. The van der Waals surface area contributed by atoms with E-state index in [2.05, 4.69) is 15.1 Å². The van der Waals surface area contributed by atoms with Gasteiger partial charge >= 0.3 is 0 Å². The highest BCUT2D eigenvalue weighted by Gasteiger charge is 2.28. The van der Waals surface area contributed by atoms with E-state index in [-0.39, 0.29) is 17.2 Å². The lowest BCUT2D eigenvalue weighted by Gasteiger charge is -2.25. The predicted molar refractivity (Wildman–Crippen MR) is 85.7 cm³/mol. The summed E-state index contributed by atoms with van der Waals surface area (Å²) in [5.41, 5.74) is 1.90. The molecule has 0 amide bonds. The van der Waals surface area contributed by atoms with Crippen molar-refractivity contribution < 1.29 is 0 Å². The number of hydrogen-bond donors (Lipinski definition) is 1. The lowest BCUT2D eigenvalue weighted by Crippen LogP contribution is -2.40. The van der Waals surface area contributed by atoms with Gasteiger partial charge in [-0.25, -0.2) is 9.67 Å². The number of aromatic nitrogens is 4. The number of anilines is 1. The van der Waals surface area contributed by atoms with Crippen molar-refractivity contribution in [1.82, 2.24) is 19.7 Å². The van der Waals surface area contributed by atoms with Crippen LogP contribution in [0.15, 0.2) is 28.0 Å². The molecule has 120 valence electrons. The van der Waals surface area contributed by atoms with Gasteiger partial charge in [-0.05, 0) is 37.7 Å². The molecule has 3 heterocycles. The maximum Gasteiger partial charge on any atom is 0.290 e. The number of nitrogens with one attached hydrogen (secondary N) is 1.